The predicted molar refractivity (Wildman–Crippen MR) is 72.3 cm³/mol. The molecule has 2 nitrogen and oxygen atoms in total. The molecule has 1 aromatic carbocycles. The Morgan fingerprint density at radius 2 is 1.65 bits per heavy atom. The third kappa shape index (κ3) is 3.74. The van der Waals surface area contributed by atoms with Crippen LogP contribution in [-0.2, 0) is 0 Å². The monoisotopic (exact) mass is 233 g/mol. The van der Waals surface area contributed by atoms with Crippen LogP contribution in [0.15, 0.2) is 24.3 Å². The molecule has 0 heterocycles. The minimum Gasteiger partial charge on any atom is -0.388 e. The lowest BCUT2D eigenvalue weighted by Crippen LogP contribution is -2.36. The lowest BCUT2D eigenvalue weighted by molar-refractivity contribution is 0.0381. The Bertz CT molecular complexity index is 336. The smallest absolute Gasteiger partial charge is 0.0819 e. The van der Waals surface area contributed by atoms with Gasteiger partial charge >= 0.3 is 0 Å². The van der Waals surface area contributed by atoms with E-state index in [1.807, 2.05) is 0 Å². The first-order chi connectivity index (χ1) is 8.18. The van der Waals surface area contributed by atoms with Gasteiger partial charge in [-0.3, -0.25) is 0 Å². The van der Waals surface area contributed by atoms with E-state index in [-0.39, 0.29) is 0 Å². The van der Waals surface area contributed by atoms with Crippen molar-refractivity contribution < 1.29 is 5.11 Å². The number of aliphatic hydroxyl groups is 1. The van der Waals surface area contributed by atoms with E-state index in [2.05, 4.69) is 36.5 Å². The fraction of sp³-hybridized carbons (Fsp3) is 0.600. The molecule has 1 aliphatic rings. The van der Waals surface area contributed by atoms with E-state index in [0.29, 0.717) is 6.54 Å². The molecule has 0 aromatic heterocycles. The van der Waals surface area contributed by atoms with Crippen LogP contribution in [0.4, 0.5) is 5.69 Å². The molecule has 0 radical (unpaired) electrons. The van der Waals surface area contributed by atoms with E-state index in [1.54, 1.807) is 0 Å². The second kappa shape index (κ2) is 5.54. The average Bonchev–Trinajstić information content (AvgIpc) is 2.54. The summed E-state index contributed by atoms with van der Waals surface area (Å²) < 4.78 is 0. The highest BCUT2D eigenvalue weighted by atomic mass is 16.3. The summed E-state index contributed by atoms with van der Waals surface area (Å²) in [6.07, 6.45) is 6.73. The second-order valence-electron chi connectivity index (χ2n) is 5.36. The zero-order chi connectivity index (χ0) is 12.1. The average molecular weight is 233 g/mol. The van der Waals surface area contributed by atoms with E-state index < -0.39 is 5.60 Å². The van der Waals surface area contributed by atoms with Gasteiger partial charge < -0.3 is 10.4 Å². The van der Waals surface area contributed by atoms with Crippen molar-refractivity contribution in [3.8, 4) is 0 Å². The third-order valence-electron chi connectivity index (χ3n) is 3.71. The van der Waals surface area contributed by atoms with Gasteiger partial charge in [0.25, 0.3) is 0 Å². The summed E-state index contributed by atoms with van der Waals surface area (Å²) in [6, 6.07) is 8.35. The number of hydrogen-bond acceptors (Lipinski definition) is 2. The molecule has 2 N–H and O–H groups in total. The molecule has 0 spiro atoms. The normalized spacial score (nSPS) is 19.6. The number of rotatable bonds is 3. The van der Waals surface area contributed by atoms with E-state index >= 15 is 0 Å². The number of aryl methyl sites for hydroxylation is 1. The van der Waals surface area contributed by atoms with E-state index in [1.165, 1.54) is 18.4 Å². The van der Waals surface area contributed by atoms with Crippen LogP contribution < -0.4 is 5.32 Å². The summed E-state index contributed by atoms with van der Waals surface area (Å²) in [7, 11) is 0. The van der Waals surface area contributed by atoms with Crippen molar-refractivity contribution >= 4 is 5.69 Å². The predicted octanol–water partition coefficient (Wildman–Crippen LogP) is 3.49. The molecule has 1 aliphatic carbocycles. The number of hydrogen-bond donors (Lipinski definition) is 2. The van der Waals surface area contributed by atoms with E-state index in [4.69, 9.17) is 0 Å². The third-order valence-corrected chi connectivity index (χ3v) is 3.71. The first kappa shape index (κ1) is 12.4. The van der Waals surface area contributed by atoms with Gasteiger partial charge in [0.1, 0.15) is 0 Å². The largest absolute Gasteiger partial charge is 0.388 e. The standard InChI is InChI=1S/C15H23NO/c1-13-6-8-14(9-7-13)16-12-15(17)10-4-2-3-5-11-15/h6-9,16-17H,2-5,10-12H2,1H3. The van der Waals surface area contributed by atoms with Crippen molar-refractivity contribution in [2.24, 2.45) is 0 Å². The molecule has 0 saturated heterocycles. The van der Waals surface area contributed by atoms with Crippen molar-refractivity contribution in [1.29, 1.82) is 0 Å². The Kier molecular flexibility index (Phi) is 4.06. The Balaban J connectivity index is 1.89. The molecule has 2 heteroatoms. The maximum absolute atomic E-state index is 10.5. The van der Waals surface area contributed by atoms with Crippen LogP contribution in [-0.4, -0.2) is 17.3 Å². The van der Waals surface area contributed by atoms with Gasteiger partial charge in [0, 0.05) is 12.2 Å². The molecule has 2 rings (SSSR count). The molecule has 1 fully saturated rings. The molecule has 94 valence electrons. The van der Waals surface area contributed by atoms with E-state index in [9.17, 15) is 5.11 Å². The van der Waals surface area contributed by atoms with Gasteiger partial charge in [0.05, 0.1) is 5.60 Å². The molecule has 0 amide bonds. The first-order valence-electron chi connectivity index (χ1n) is 6.71. The van der Waals surface area contributed by atoms with Crippen molar-refractivity contribution in [1.82, 2.24) is 0 Å². The van der Waals surface area contributed by atoms with Crippen LogP contribution in [0.3, 0.4) is 0 Å². The summed E-state index contributed by atoms with van der Waals surface area (Å²) in [4.78, 5) is 0. The van der Waals surface area contributed by atoms with Crippen LogP contribution in [0.2, 0.25) is 0 Å². The van der Waals surface area contributed by atoms with Crippen molar-refractivity contribution in [2.75, 3.05) is 11.9 Å². The zero-order valence-electron chi connectivity index (χ0n) is 10.7. The Labute approximate surface area is 104 Å². The van der Waals surface area contributed by atoms with Gasteiger partial charge in [-0.1, -0.05) is 43.4 Å². The highest BCUT2D eigenvalue weighted by Crippen LogP contribution is 2.27. The van der Waals surface area contributed by atoms with Crippen molar-refractivity contribution in [3.63, 3.8) is 0 Å². The molecule has 0 unspecified atom stereocenters. The molecule has 1 aromatic rings. The van der Waals surface area contributed by atoms with Crippen LogP contribution in [0.25, 0.3) is 0 Å². The molecule has 0 atom stereocenters. The zero-order valence-corrected chi connectivity index (χ0v) is 10.7. The summed E-state index contributed by atoms with van der Waals surface area (Å²) in [5.41, 5.74) is 1.87. The van der Waals surface area contributed by atoms with E-state index in [0.717, 1.165) is 31.4 Å². The summed E-state index contributed by atoms with van der Waals surface area (Å²) in [5, 5.41) is 13.9. The number of nitrogens with one attached hydrogen (secondary N) is 1. The van der Waals surface area contributed by atoms with Gasteiger partial charge in [-0.05, 0) is 31.9 Å². The number of benzene rings is 1. The minimum absolute atomic E-state index is 0.499. The van der Waals surface area contributed by atoms with Gasteiger partial charge in [0.15, 0.2) is 0 Å². The highest BCUT2D eigenvalue weighted by Gasteiger charge is 2.27. The van der Waals surface area contributed by atoms with Crippen LogP contribution in [0.1, 0.15) is 44.1 Å². The lowest BCUT2D eigenvalue weighted by Gasteiger charge is -2.27. The molecule has 0 bridgehead atoms. The topological polar surface area (TPSA) is 32.3 Å². The van der Waals surface area contributed by atoms with Crippen molar-refractivity contribution in [3.05, 3.63) is 29.8 Å². The lowest BCUT2D eigenvalue weighted by atomic mass is 9.94. The fourth-order valence-corrected chi connectivity index (χ4v) is 2.50. The summed E-state index contributed by atoms with van der Waals surface area (Å²) in [5.74, 6) is 0. The molecule has 17 heavy (non-hydrogen) atoms. The van der Waals surface area contributed by atoms with Gasteiger partial charge in [-0.2, -0.15) is 0 Å². The molecule has 0 aliphatic heterocycles. The second-order valence-corrected chi connectivity index (χ2v) is 5.36. The van der Waals surface area contributed by atoms with Gasteiger partial charge in [0.2, 0.25) is 0 Å². The summed E-state index contributed by atoms with van der Waals surface area (Å²) in [6.45, 7) is 2.76. The molecule has 1 saturated carbocycles. The SMILES string of the molecule is Cc1ccc(NCC2(O)CCCCCC2)cc1. The van der Waals surface area contributed by atoms with Crippen LogP contribution in [0, 0.1) is 6.92 Å². The maximum Gasteiger partial charge on any atom is 0.0819 e. The van der Waals surface area contributed by atoms with Crippen LogP contribution >= 0.6 is 0 Å². The maximum atomic E-state index is 10.5. The number of anilines is 1. The Morgan fingerprint density at radius 3 is 2.24 bits per heavy atom. The molecular weight excluding hydrogens is 210 g/mol. The quantitative estimate of drug-likeness (QED) is 0.783. The molecular formula is C15H23NO. The summed E-state index contributed by atoms with van der Waals surface area (Å²) >= 11 is 0. The van der Waals surface area contributed by atoms with Gasteiger partial charge in [-0.15, -0.1) is 0 Å². The van der Waals surface area contributed by atoms with Gasteiger partial charge in [-0.25, -0.2) is 0 Å². The van der Waals surface area contributed by atoms with Crippen LogP contribution in [0.5, 0.6) is 0 Å². The Morgan fingerprint density at radius 1 is 1.06 bits per heavy atom. The highest BCUT2D eigenvalue weighted by molar-refractivity contribution is 5.44. The van der Waals surface area contributed by atoms with Crippen molar-refractivity contribution in [2.45, 2.75) is 51.0 Å². The Hall–Kier alpha value is -1.02. The fourth-order valence-electron chi connectivity index (χ4n) is 2.50. The minimum atomic E-state index is -0.499. The first-order valence-corrected chi connectivity index (χ1v) is 6.71.